The maximum absolute atomic E-state index is 11.3. The Balaban J connectivity index is 1.93. The molecule has 2 nitrogen and oxygen atoms in total. The minimum atomic E-state index is 0.0748. The van der Waals surface area contributed by atoms with Crippen LogP contribution in [0.5, 0.6) is 0 Å². The summed E-state index contributed by atoms with van der Waals surface area (Å²) < 4.78 is 0. The molecule has 0 atom stereocenters. The Labute approximate surface area is 113 Å². The summed E-state index contributed by atoms with van der Waals surface area (Å²) in [7, 11) is 0. The second kappa shape index (κ2) is 6.45. The van der Waals surface area contributed by atoms with Crippen molar-refractivity contribution >= 4 is 29.3 Å². The number of amides is 1. The van der Waals surface area contributed by atoms with Crippen LogP contribution in [-0.4, -0.2) is 18.2 Å². The summed E-state index contributed by atoms with van der Waals surface area (Å²) in [5.74, 6) is 0.674. The number of benzene rings is 2. The van der Waals surface area contributed by atoms with Crippen LogP contribution >= 0.6 is 12.6 Å². The maximum atomic E-state index is 11.3. The lowest BCUT2D eigenvalue weighted by atomic mass is 10.1. The van der Waals surface area contributed by atoms with Crippen molar-refractivity contribution in [1.82, 2.24) is 5.32 Å². The lowest BCUT2D eigenvalue weighted by Crippen LogP contribution is -2.25. The molecule has 18 heavy (non-hydrogen) atoms. The van der Waals surface area contributed by atoms with Gasteiger partial charge in [0, 0.05) is 13.0 Å². The molecule has 0 spiro atoms. The van der Waals surface area contributed by atoms with Crippen molar-refractivity contribution in [2.75, 3.05) is 12.3 Å². The van der Waals surface area contributed by atoms with E-state index in [4.69, 9.17) is 0 Å². The molecule has 2 aromatic rings. The van der Waals surface area contributed by atoms with Gasteiger partial charge in [-0.3, -0.25) is 4.79 Å². The van der Waals surface area contributed by atoms with Crippen molar-refractivity contribution in [1.29, 1.82) is 0 Å². The van der Waals surface area contributed by atoms with E-state index >= 15 is 0 Å². The Morgan fingerprint density at radius 3 is 2.67 bits per heavy atom. The molecule has 0 fully saturated rings. The molecule has 0 bridgehead atoms. The number of hydrogen-bond donors (Lipinski definition) is 2. The van der Waals surface area contributed by atoms with E-state index in [9.17, 15) is 4.79 Å². The first-order valence-electron chi connectivity index (χ1n) is 6.15. The summed E-state index contributed by atoms with van der Waals surface area (Å²) in [5, 5.41) is 5.39. The van der Waals surface area contributed by atoms with Crippen LogP contribution in [0.4, 0.5) is 0 Å². The highest BCUT2D eigenvalue weighted by molar-refractivity contribution is 7.80. The fourth-order valence-corrected chi connectivity index (χ4v) is 2.13. The van der Waals surface area contributed by atoms with Crippen molar-refractivity contribution in [3.05, 3.63) is 48.0 Å². The molecule has 0 saturated carbocycles. The monoisotopic (exact) mass is 259 g/mol. The number of thiol groups is 1. The van der Waals surface area contributed by atoms with Crippen molar-refractivity contribution in [2.24, 2.45) is 0 Å². The molecular weight excluding hydrogens is 242 g/mol. The van der Waals surface area contributed by atoms with Crippen LogP contribution in [0.25, 0.3) is 10.8 Å². The molecule has 0 aliphatic heterocycles. The fraction of sp³-hybridized carbons (Fsp3) is 0.267. The van der Waals surface area contributed by atoms with E-state index in [0.29, 0.717) is 18.7 Å². The standard InChI is InChI=1S/C15H17NOS/c17-15(8-10-18)16-9-7-12-5-6-13-3-1-2-4-14(13)11-12/h1-6,11,18H,7-10H2,(H,16,17). The van der Waals surface area contributed by atoms with Crippen molar-refractivity contribution in [3.8, 4) is 0 Å². The molecule has 0 aliphatic carbocycles. The van der Waals surface area contributed by atoms with E-state index in [-0.39, 0.29) is 5.91 Å². The van der Waals surface area contributed by atoms with Gasteiger partial charge < -0.3 is 5.32 Å². The maximum Gasteiger partial charge on any atom is 0.220 e. The zero-order valence-corrected chi connectivity index (χ0v) is 11.1. The second-order valence-corrected chi connectivity index (χ2v) is 4.70. The molecule has 2 aromatic carbocycles. The molecule has 2 rings (SSSR count). The van der Waals surface area contributed by atoms with Gasteiger partial charge in [-0.15, -0.1) is 0 Å². The summed E-state index contributed by atoms with van der Waals surface area (Å²) in [6, 6.07) is 14.7. The van der Waals surface area contributed by atoms with Gasteiger partial charge >= 0.3 is 0 Å². The average molecular weight is 259 g/mol. The van der Waals surface area contributed by atoms with Crippen LogP contribution in [0, 0.1) is 0 Å². The topological polar surface area (TPSA) is 29.1 Å². The van der Waals surface area contributed by atoms with E-state index in [1.54, 1.807) is 0 Å². The number of carbonyl (C=O) groups is 1. The first-order chi connectivity index (χ1) is 8.79. The van der Waals surface area contributed by atoms with E-state index < -0.39 is 0 Å². The molecule has 0 radical (unpaired) electrons. The zero-order chi connectivity index (χ0) is 12.8. The van der Waals surface area contributed by atoms with Crippen LogP contribution in [-0.2, 0) is 11.2 Å². The van der Waals surface area contributed by atoms with Crippen LogP contribution in [0.2, 0.25) is 0 Å². The third-order valence-corrected chi connectivity index (χ3v) is 3.11. The summed E-state index contributed by atoms with van der Waals surface area (Å²) in [4.78, 5) is 11.3. The van der Waals surface area contributed by atoms with Gasteiger partial charge in [0.05, 0.1) is 0 Å². The molecule has 0 aromatic heterocycles. The largest absolute Gasteiger partial charge is 0.356 e. The van der Waals surface area contributed by atoms with Crippen LogP contribution in [0.1, 0.15) is 12.0 Å². The molecule has 0 unspecified atom stereocenters. The number of hydrogen-bond acceptors (Lipinski definition) is 2. The first kappa shape index (κ1) is 13.0. The van der Waals surface area contributed by atoms with E-state index in [1.165, 1.54) is 16.3 Å². The number of rotatable bonds is 5. The summed E-state index contributed by atoms with van der Waals surface area (Å²) >= 11 is 4.03. The Morgan fingerprint density at radius 2 is 1.89 bits per heavy atom. The Kier molecular flexibility index (Phi) is 4.65. The van der Waals surface area contributed by atoms with Gasteiger partial charge in [0.15, 0.2) is 0 Å². The summed E-state index contributed by atoms with van der Waals surface area (Å²) in [6.07, 6.45) is 1.35. The van der Waals surface area contributed by atoms with Gasteiger partial charge in [-0.1, -0.05) is 42.5 Å². The molecular formula is C15H17NOS. The fourth-order valence-electron chi connectivity index (χ4n) is 1.93. The van der Waals surface area contributed by atoms with Gasteiger partial charge in [0.1, 0.15) is 0 Å². The second-order valence-electron chi connectivity index (χ2n) is 4.26. The van der Waals surface area contributed by atoms with Gasteiger partial charge in [-0.2, -0.15) is 12.6 Å². The lowest BCUT2D eigenvalue weighted by Gasteiger charge is -2.05. The lowest BCUT2D eigenvalue weighted by molar-refractivity contribution is -0.120. The SMILES string of the molecule is O=C(CCS)NCCc1ccc2ccccc2c1. The molecule has 0 aliphatic rings. The molecule has 3 heteroatoms. The highest BCUT2D eigenvalue weighted by Crippen LogP contribution is 2.15. The van der Waals surface area contributed by atoms with Gasteiger partial charge in [-0.05, 0) is 28.5 Å². The highest BCUT2D eigenvalue weighted by atomic mass is 32.1. The smallest absolute Gasteiger partial charge is 0.220 e. The Morgan fingerprint density at radius 1 is 1.11 bits per heavy atom. The minimum Gasteiger partial charge on any atom is -0.356 e. The highest BCUT2D eigenvalue weighted by Gasteiger charge is 2.00. The molecule has 1 amide bonds. The van der Waals surface area contributed by atoms with E-state index in [2.05, 4.69) is 48.3 Å². The number of fused-ring (bicyclic) bond motifs is 1. The van der Waals surface area contributed by atoms with E-state index in [0.717, 1.165) is 6.42 Å². The average Bonchev–Trinajstić information content (AvgIpc) is 2.39. The van der Waals surface area contributed by atoms with Gasteiger partial charge in [0.25, 0.3) is 0 Å². The number of carbonyl (C=O) groups excluding carboxylic acids is 1. The predicted molar refractivity (Wildman–Crippen MR) is 79.1 cm³/mol. The van der Waals surface area contributed by atoms with Crippen LogP contribution < -0.4 is 5.32 Å². The summed E-state index contributed by atoms with van der Waals surface area (Å²) in [5.41, 5.74) is 1.25. The summed E-state index contributed by atoms with van der Waals surface area (Å²) in [6.45, 7) is 0.685. The quantitative estimate of drug-likeness (QED) is 0.794. The van der Waals surface area contributed by atoms with Crippen molar-refractivity contribution < 1.29 is 4.79 Å². The zero-order valence-electron chi connectivity index (χ0n) is 10.2. The van der Waals surface area contributed by atoms with Crippen molar-refractivity contribution in [2.45, 2.75) is 12.8 Å². The normalized spacial score (nSPS) is 10.5. The van der Waals surface area contributed by atoms with Crippen LogP contribution in [0.3, 0.4) is 0 Å². The van der Waals surface area contributed by atoms with Crippen LogP contribution in [0.15, 0.2) is 42.5 Å². The van der Waals surface area contributed by atoms with Gasteiger partial charge in [0.2, 0.25) is 5.91 Å². The molecule has 1 N–H and O–H groups in total. The molecule has 0 heterocycles. The minimum absolute atomic E-state index is 0.0748. The first-order valence-corrected chi connectivity index (χ1v) is 6.78. The molecule has 94 valence electrons. The van der Waals surface area contributed by atoms with Gasteiger partial charge in [-0.25, -0.2) is 0 Å². The Hall–Kier alpha value is -1.48. The van der Waals surface area contributed by atoms with Crippen molar-refractivity contribution in [3.63, 3.8) is 0 Å². The molecule has 0 saturated heterocycles. The third kappa shape index (κ3) is 3.50. The van der Waals surface area contributed by atoms with E-state index in [1.807, 2.05) is 12.1 Å². The Bertz CT molecular complexity index is 539. The number of nitrogens with one attached hydrogen (secondary N) is 1. The predicted octanol–water partition coefficient (Wildman–Crippen LogP) is 2.82. The third-order valence-electron chi connectivity index (χ3n) is 2.89.